The van der Waals surface area contributed by atoms with E-state index < -0.39 is 36.9 Å². The molecule has 0 aliphatic rings. The van der Waals surface area contributed by atoms with Crippen LogP contribution in [0.15, 0.2) is 54.6 Å². The number of halogens is 2. The molecular weight excluding hydrogens is 509 g/mol. The van der Waals surface area contributed by atoms with Crippen LogP contribution in [-0.2, 0) is 41.8 Å². The van der Waals surface area contributed by atoms with Gasteiger partial charge in [0.1, 0.15) is 12.6 Å². The highest BCUT2D eigenvalue weighted by Crippen LogP contribution is 2.66. The molecule has 0 aliphatic heterocycles. The number of hydrogen-bond donors (Lipinski definition) is 3. The van der Waals surface area contributed by atoms with Crippen LogP contribution in [0.25, 0.3) is 0 Å². The molecule has 0 spiro atoms. The third kappa shape index (κ3) is 8.89. The summed E-state index contributed by atoms with van der Waals surface area (Å²) in [5.74, 6) is -0.531. The summed E-state index contributed by atoms with van der Waals surface area (Å²) in [4.78, 5) is 25.0. The number of aliphatic hydroxyl groups is 1. The van der Waals surface area contributed by atoms with E-state index in [0.717, 1.165) is 17.7 Å². The average molecular weight is 543 g/mol. The Morgan fingerprint density at radius 2 is 1.62 bits per heavy atom. The average Bonchev–Trinajstić information content (AvgIpc) is 2.88. The molecule has 204 valence electrons. The number of carbonyl (C=O) groups is 2. The molecule has 9 nitrogen and oxygen atoms in total. The third-order valence-corrected chi connectivity index (χ3v) is 7.28. The van der Waals surface area contributed by atoms with Crippen molar-refractivity contribution in [2.45, 2.75) is 45.0 Å². The van der Waals surface area contributed by atoms with Gasteiger partial charge < -0.3 is 29.5 Å². The number of nitrogens with one attached hydrogen (secondary N) is 2. The first kappa shape index (κ1) is 30.4. The summed E-state index contributed by atoms with van der Waals surface area (Å²) in [6.07, 6.45) is -0.546. The van der Waals surface area contributed by atoms with E-state index >= 15 is 0 Å². The smallest absolute Gasteiger partial charge is 0.408 e. The maximum Gasteiger partial charge on any atom is 0.408 e. The number of benzene rings is 2. The van der Waals surface area contributed by atoms with Gasteiger partial charge in [0.2, 0.25) is 5.91 Å². The van der Waals surface area contributed by atoms with Crippen LogP contribution < -0.4 is 10.6 Å². The molecule has 0 radical (unpaired) electrons. The fourth-order valence-corrected chi connectivity index (χ4v) is 4.85. The monoisotopic (exact) mass is 542 g/mol. The SMILES string of the molecule is CCOP(=O)(OCC)C(F)(F)c1ccc(CC(NC(=O)OCc2ccccc2)C(=O)NCCCO)cc1. The quantitative estimate of drug-likeness (QED) is 0.226. The van der Waals surface area contributed by atoms with E-state index in [1.807, 2.05) is 6.07 Å². The number of alkyl halides is 2. The highest BCUT2D eigenvalue weighted by atomic mass is 31.2. The normalized spacial score (nSPS) is 12.6. The summed E-state index contributed by atoms with van der Waals surface area (Å²) in [6, 6.07) is 12.7. The zero-order chi connectivity index (χ0) is 27.3. The molecule has 0 saturated heterocycles. The van der Waals surface area contributed by atoms with Gasteiger partial charge in [-0.15, -0.1) is 0 Å². The van der Waals surface area contributed by atoms with Crippen LogP contribution in [0.2, 0.25) is 0 Å². The summed E-state index contributed by atoms with van der Waals surface area (Å²) in [5.41, 5.74) is -3.25. The maximum atomic E-state index is 15.0. The summed E-state index contributed by atoms with van der Waals surface area (Å²) < 4.78 is 57.5. The number of aliphatic hydroxyl groups excluding tert-OH is 1. The van der Waals surface area contributed by atoms with Crippen LogP contribution >= 0.6 is 7.60 Å². The molecule has 0 aliphatic carbocycles. The third-order valence-electron chi connectivity index (χ3n) is 5.14. The minimum Gasteiger partial charge on any atom is -0.445 e. The Balaban J connectivity index is 2.14. The number of ether oxygens (including phenoxy) is 1. The summed E-state index contributed by atoms with van der Waals surface area (Å²) in [6.45, 7) is 2.49. The molecule has 1 atom stereocenters. The summed E-state index contributed by atoms with van der Waals surface area (Å²) >= 11 is 0. The second-order valence-electron chi connectivity index (χ2n) is 7.90. The van der Waals surface area contributed by atoms with Gasteiger partial charge in [-0.2, -0.15) is 8.78 Å². The lowest BCUT2D eigenvalue weighted by molar-refractivity contribution is -0.123. The van der Waals surface area contributed by atoms with Crippen molar-refractivity contribution in [3.8, 4) is 0 Å². The number of alkyl carbamates (subject to hydrolysis) is 1. The zero-order valence-corrected chi connectivity index (χ0v) is 21.7. The van der Waals surface area contributed by atoms with Crippen molar-refractivity contribution in [3.05, 3.63) is 71.3 Å². The summed E-state index contributed by atoms with van der Waals surface area (Å²) in [5, 5.41) is 14.1. The molecule has 2 rings (SSSR count). The second-order valence-corrected chi connectivity index (χ2v) is 9.98. The van der Waals surface area contributed by atoms with E-state index in [9.17, 15) is 22.9 Å². The Morgan fingerprint density at radius 3 is 2.19 bits per heavy atom. The van der Waals surface area contributed by atoms with Gasteiger partial charge in [0.15, 0.2) is 0 Å². The molecule has 12 heteroatoms. The number of amides is 2. The van der Waals surface area contributed by atoms with Crippen LogP contribution in [0.1, 0.15) is 37.0 Å². The second kappa shape index (κ2) is 14.8. The maximum absolute atomic E-state index is 15.0. The van der Waals surface area contributed by atoms with Gasteiger partial charge in [-0.25, -0.2) is 4.79 Å². The van der Waals surface area contributed by atoms with Crippen molar-refractivity contribution >= 4 is 19.6 Å². The van der Waals surface area contributed by atoms with Crippen molar-refractivity contribution in [1.82, 2.24) is 10.6 Å². The van der Waals surface area contributed by atoms with E-state index in [0.29, 0.717) is 12.0 Å². The lowest BCUT2D eigenvalue weighted by Gasteiger charge is -2.26. The first-order valence-corrected chi connectivity index (χ1v) is 13.4. The predicted molar refractivity (Wildman–Crippen MR) is 133 cm³/mol. The van der Waals surface area contributed by atoms with Crippen molar-refractivity contribution in [1.29, 1.82) is 0 Å². The lowest BCUT2D eigenvalue weighted by Crippen LogP contribution is -2.48. The van der Waals surface area contributed by atoms with Crippen LogP contribution in [-0.4, -0.2) is 49.5 Å². The predicted octanol–water partition coefficient (Wildman–Crippen LogP) is 4.34. The van der Waals surface area contributed by atoms with E-state index in [1.54, 1.807) is 24.3 Å². The van der Waals surface area contributed by atoms with Gasteiger partial charge in [0, 0.05) is 25.1 Å². The van der Waals surface area contributed by atoms with E-state index in [2.05, 4.69) is 10.6 Å². The first-order chi connectivity index (χ1) is 17.7. The fourth-order valence-electron chi connectivity index (χ4n) is 3.30. The van der Waals surface area contributed by atoms with Gasteiger partial charge >= 0.3 is 19.4 Å². The Labute approximate surface area is 215 Å². The largest absolute Gasteiger partial charge is 0.445 e. The van der Waals surface area contributed by atoms with Gasteiger partial charge in [-0.3, -0.25) is 9.36 Å². The first-order valence-electron chi connectivity index (χ1n) is 11.9. The van der Waals surface area contributed by atoms with E-state index in [4.69, 9.17) is 18.9 Å². The fraction of sp³-hybridized carbons (Fsp3) is 0.440. The molecule has 0 heterocycles. The molecule has 0 saturated carbocycles. The Kier molecular flexibility index (Phi) is 12.1. The minimum atomic E-state index is -4.76. The van der Waals surface area contributed by atoms with Crippen molar-refractivity contribution in [3.63, 3.8) is 0 Å². The Morgan fingerprint density at radius 1 is 1.00 bits per heavy atom. The van der Waals surface area contributed by atoms with E-state index in [-0.39, 0.29) is 39.4 Å². The molecule has 0 aromatic heterocycles. The van der Waals surface area contributed by atoms with Crippen LogP contribution in [0, 0.1) is 0 Å². The van der Waals surface area contributed by atoms with Crippen molar-refractivity contribution < 1.29 is 41.8 Å². The van der Waals surface area contributed by atoms with Gasteiger partial charge in [-0.05, 0) is 31.4 Å². The molecule has 0 bridgehead atoms. The molecule has 0 fully saturated rings. The molecule has 1 unspecified atom stereocenters. The highest BCUT2D eigenvalue weighted by molar-refractivity contribution is 7.54. The van der Waals surface area contributed by atoms with Gasteiger partial charge in [-0.1, -0.05) is 54.6 Å². The molecule has 2 aromatic carbocycles. The molecular formula is C25H33F2N2O7P. The summed E-state index contributed by atoms with van der Waals surface area (Å²) in [7, 11) is -4.76. The molecule has 37 heavy (non-hydrogen) atoms. The van der Waals surface area contributed by atoms with Crippen molar-refractivity contribution in [2.24, 2.45) is 0 Å². The van der Waals surface area contributed by atoms with Crippen LogP contribution in [0.4, 0.5) is 13.6 Å². The molecule has 3 N–H and O–H groups in total. The Bertz CT molecular complexity index is 1030. The van der Waals surface area contributed by atoms with Gasteiger partial charge in [0.05, 0.1) is 13.2 Å². The number of hydrogen-bond acceptors (Lipinski definition) is 7. The highest BCUT2D eigenvalue weighted by Gasteiger charge is 2.54. The van der Waals surface area contributed by atoms with Gasteiger partial charge in [0.25, 0.3) is 0 Å². The minimum absolute atomic E-state index is 0.00494. The number of carbonyl (C=O) groups excluding carboxylic acids is 2. The van der Waals surface area contributed by atoms with Crippen molar-refractivity contribution in [2.75, 3.05) is 26.4 Å². The molecule has 2 amide bonds. The van der Waals surface area contributed by atoms with Crippen LogP contribution in [0.3, 0.4) is 0 Å². The molecule has 2 aromatic rings. The topological polar surface area (TPSA) is 123 Å². The zero-order valence-electron chi connectivity index (χ0n) is 20.8. The number of rotatable bonds is 15. The Hall–Kier alpha value is -2.85. The lowest BCUT2D eigenvalue weighted by atomic mass is 10.0. The van der Waals surface area contributed by atoms with E-state index in [1.165, 1.54) is 26.0 Å². The van der Waals surface area contributed by atoms with Crippen LogP contribution in [0.5, 0.6) is 0 Å². The standard InChI is InChI=1S/C25H33F2N2O7P/c1-3-35-37(33,36-4-2)25(26,27)21-13-11-19(12-14-21)17-22(23(31)28-15-8-16-30)29-24(32)34-18-20-9-6-5-7-10-20/h5-7,9-14,22,30H,3-4,8,15-18H2,1-2H3,(H,28,31)(H,29,32).